The van der Waals surface area contributed by atoms with Gasteiger partial charge in [0.05, 0.1) is 11.2 Å². The van der Waals surface area contributed by atoms with Gasteiger partial charge in [0.25, 0.3) is 0 Å². The third-order valence-electron chi connectivity index (χ3n) is 6.27. The number of aryl methyl sites for hydroxylation is 3. The lowest BCUT2D eigenvalue weighted by Crippen LogP contribution is -2.25. The Morgan fingerprint density at radius 3 is 2.16 bits per heavy atom. The summed E-state index contributed by atoms with van der Waals surface area (Å²) < 4.78 is 35.2. The minimum Gasteiger partial charge on any atom is -0.350 e. The largest absolute Gasteiger partial charge is 0.350 e. The van der Waals surface area contributed by atoms with E-state index in [1.165, 1.54) is 33.5 Å². The lowest BCUT2D eigenvalue weighted by Gasteiger charge is -2.04. The van der Waals surface area contributed by atoms with Gasteiger partial charge >= 0.3 is 5.69 Å². The van der Waals surface area contributed by atoms with Crippen molar-refractivity contribution >= 4 is 46.6 Å². The van der Waals surface area contributed by atoms with Crippen molar-refractivity contribution in [1.29, 1.82) is 0 Å². The third-order valence-corrected chi connectivity index (χ3v) is 6.27. The number of rotatable bonds is 8. The minimum atomic E-state index is -0.410. The molecule has 0 amide bonds. The normalized spacial score (nSPS) is 11.2. The fourth-order valence-electron chi connectivity index (χ4n) is 4.60. The molecule has 37 heavy (non-hydrogen) atoms. The molecule has 0 aliphatic heterocycles. The molecule has 0 spiro atoms. The summed E-state index contributed by atoms with van der Waals surface area (Å²) in [5.74, 6) is -0.445. The Morgan fingerprint density at radius 2 is 1.49 bits per heavy atom. The highest BCUT2D eigenvalue weighted by molar-refractivity contribution is 5.96. The predicted octanol–water partition coefficient (Wildman–Crippen LogP) is 3.97. The molecule has 0 unspecified atom stereocenters. The maximum Gasteiger partial charge on any atom is 0.350 e. The number of fused-ring (bicyclic) bond motifs is 2. The van der Waals surface area contributed by atoms with Gasteiger partial charge in [-0.05, 0) is 62.3 Å². The summed E-state index contributed by atoms with van der Waals surface area (Å²) in [6, 6.07) is 9.03. The average molecular weight is 552 g/mol. The zero-order valence-corrected chi connectivity index (χ0v) is 21.9. The molecule has 0 aliphatic carbocycles. The molecule has 5 aromatic rings. The van der Waals surface area contributed by atoms with Gasteiger partial charge in [-0.3, -0.25) is 0 Å². The summed E-state index contributed by atoms with van der Waals surface area (Å²) in [7, 11) is 1.85. The fraction of sp³-hybridized carbons (Fsp3) is 0.280. The fourth-order valence-corrected chi connectivity index (χ4v) is 4.60. The molecule has 5 rings (SSSR count). The van der Waals surface area contributed by atoms with E-state index in [0.29, 0.717) is 60.4 Å². The lowest BCUT2D eigenvalue weighted by molar-refractivity contribution is 0.563. The van der Waals surface area contributed by atoms with Gasteiger partial charge in [-0.2, -0.15) is 0 Å². The topological polar surface area (TPSA) is 102 Å². The number of halogens is 4. The summed E-state index contributed by atoms with van der Waals surface area (Å²) in [6.45, 7) is 1.84. The number of nitrogens with two attached hydrogens (primary N) is 2. The number of hydrogen-bond donors (Lipinski definition) is 2. The molecule has 0 saturated carbocycles. The van der Waals surface area contributed by atoms with Gasteiger partial charge in [0.2, 0.25) is 0 Å². The molecular weight excluding hydrogens is 523 g/mol. The van der Waals surface area contributed by atoms with Gasteiger partial charge in [-0.1, -0.05) is 0 Å². The van der Waals surface area contributed by atoms with E-state index in [1.807, 2.05) is 28.6 Å². The van der Waals surface area contributed by atoms with Crippen LogP contribution in [0.15, 0.2) is 53.6 Å². The Labute approximate surface area is 224 Å². The quantitative estimate of drug-likeness (QED) is 0.304. The van der Waals surface area contributed by atoms with Crippen molar-refractivity contribution in [3.05, 3.63) is 70.9 Å². The van der Waals surface area contributed by atoms with Crippen molar-refractivity contribution in [2.75, 3.05) is 13.1 Å². The molecule has 2 aromatic carbocycles. The first kappa shape index (κ1) is 28.4. The van der Waals surface area contributed by atoms with Crippen LogP contribution in [0.25, 0.3) is 38.9 Å². The second-order valence-corrected chi connectivity index (χ2v) is 8.63. The smallest absolute Gasteiger partial charge is 0.350 e. The zero-order chi connectivity index (χ0) is 24.7. The van der Waals surface area contributed by atoms with Crippen LogP contribution in [0.1, 0.15) is 12.8 Å². The van der Waals surface area contributed by atoms with Crippen LogP contribution in [-0.2, 0) is 20.1 Å². The van der Waals surface area contributed by atoms with E-state index in [1.54, 1.807) is 12.1 Å². The van der Waals surface area contributed by atoms with Crippen LogP contribution < -0.4 is 17.2 Å². The van der Waals surface area contributed by atoms with Gasteiger partial charge in [-0.15, -0.1) is 29.9 Å². The molecule has 3 heterocycles. The predicted molar refractivity (Wildman–Crippen MR) is 147 cm³/mol. The van der Waals surface area contributed by atoms with Crippen molar-refractivity contribution in [2.45, 2.75) is 25.9 Å². The first-order valence-corrected chi connectivity index (χ1v) is 11.6. The molecule has 0 atom stereocenters. The number of benzene rings is 2. The van der Waals surface area contributed by atoms with E-state index in [2.05, 4.69) is 5.10 Å². The molecule has 4 N–H and O–H groups in total. The highest BCUT2D eigenvalue weighted by atomic mass is 35.5. The van der Waals surface area contributed by atoms with Gasteiger partial charge in [-0.25, -0.2) is 22.8 Å². The van der Waals surface area contributed by atoms with E-state index in [9.17, 15) is 13.6 Å². The number of aromatic nitrogens is 5. The molecule has 0 fully saturated rings. The van der Waals surface area contributed by atoms with E-state index >= 15 is 0 Å². The molecule has 0 aliphatic rings. The summed E-state index contributed by atoms with van der Waals surface area (Å²) in [6.07, 6.45) is 4.93. The molecule has 12 heteroatoms. The maximum atomic E-state index is 14.3. The minimum absolute atomic E-state index is 0. The maximum absolute atomic E-state index is 14.3. The zero-order valence-electron chi connectivity index (χ0n) is 20.2. The molecule has 3 aromatic heterocycles. The van der Waals surface area contributed by atoms with Crippen molar-refractivity contribution < 1.29 is 8.78 Å². The van der Waals surface area contributed by atoms with Crippen LogP contribution in [0.2, 0.25) is 0 Å². The van der Waals surface area contributed by atoms with Crippen LogP contribution in [0, 0.1) is 11.6 Å². The highest BCUT2D eigenvalue weighted by Crippen LogP contribution is 2.33. The second-order valence-electron chi connectivity index (χ2n) is 8.63. The molecule has 0 radical (unpaired) electrons. The lowest BCUT2D eigenvalue weighted by atomic mass is 10.1. The first-order chi connectivity index (χ1) is 16.9. The Bertz CT molecular complexity index is 1600. The van der Waals surface area contributed by atoms with Crippen molar-refractivity contribution in [1.82, 2.24) is 23.5 Å². The van der Waals surface area contributed by atoms with E-state index in [0.717, 1.165) is 17.5 Å². The standard InChI is InChI=1S/C25H27F2N7O.2ClH/c1-31-14-20(18-12-16(26)4-6-21(18)31)24-30-33(11-3-9-29)25(35)34(24)23-15-32(10-2-8-28)22-7-5-17(27)13-19(22)23;;/h4-7,12-15H,2-3,8-11,28-29H2,1H3;2*1H. The number of hydrogen-bond acceptors (Lipinski definition) is 4. The van der Waals surface area contributed by atoms with Crippen molar-refractivity contribution in [3.63, 3.8) is 0 Å². The number of nitrogens with zero attached hydrogens (tertiary/aromatic N) is 5. The van der Waals surface area contributed by atoms with Crippen LogP contribution in [0.4, 0.5) is 8.78 Å². The Kier molecular flexibility index (Phi) is 8.80. The molecule has 198 valence electrons. The second kappa shape index (κ2) is 11.5. The summed E-state index contributed by atoms with van der Waals surface area (Å²) in [4.78, 5) is 13.6. The molecule has 8 nitrogen and oxygen atoms in total. The summed E-state index contributed by atoms with van der Waals surface area (Å²) >= 11 is 0. The summed E-state index contributed by atoms with van der Waals surface area (Å²) in [5, 5.41) is 5.85. The third kappa shape index (κ3) is 5.02. The Hall–Kier alpha value is -3.18. The molecular formula is C25H29Cl2F2N7O. The van der Waals surface area contributed by atoms with E-state index in [4.69, 9.17) is 11.5 Å². The van der Waals surface area contributed by atoms with E-state index in [-0.39, 0.29) is 36.3 Å². The first-order valence-electron chi connectivity index (χ1n) is 11.6. The molecule has 0 bridgehead atoms. The van der Waals surface area contributed by atoms with Gasteiger partial charge in [0.15, 0.2) is 5.82 Å². The van der Waals surface area contributed by atoms with Gasteiger partial charge in [0, 0.05) is 54.4 Å². The Balaban J connectivity index is 0.00000190. The summed E-state index contributed by atoms with van der Waals surface area (Å²) in [5.41, 5.74) is 13.7. The Morgan fingerprint density at radius 1 is 0.865 bits per heavy atom. The van der Waals surface area contributed by atoms with Crippen LogP contribution in [0.5, 0.6) is 0 Å². The van der Waals surface area contributed by atoms with E-state index < -0.39 is 5.82 Å². The van der Waals surface area contributed by atoms with Crippen LogP contribution >= 0.6 is 24.8 Å². The SMILES string of the molecule is Cl.Cl.Cn1cc(-c2nn(CCCN)c(=O)n2-c2cn(CCCN)c3ccc(F)cc23)c2cc(F)ccc21. The van der Waals surface area contributed by atoms with Crippen molar-refractivity contribution in [3.8, 4) is 17.1 Å². The van der Waals surface area contributed by atoms with Gasteiger partial charge in [0.1, 0.15) is 11.6 Å². The van der Waals surface area contributed by atoms with Crippen LogP contribution in [-0.4, -0.2) is 36.6 Å². The molecule has 0 saturated heterocycles. The average Bonchev–Trinajstić information content (AvgIpc) is 3.46. The van der Waals surface area contributed by atoms with Crippen LogP contribution in [0.3, 0.4) is 0 Å². The van der Waals surface area contributed by atoms with Crippen molar-refractivity contribution in [2.24, 2.45) is 18.5 Å². The monoisotopic (exact) mass is 551 g/mol. The van der Waals surface area contributed by atoms with Gasteiger partial charge < -0.3 is 20.6 Å². The highest BCUT2D eigenvalue weighted by Gasteiger charge is 2.23.